The van der Waals surface area contributed by atoms with Gasteiger partial charge in [-0.2, -0.15) is 0 Å². The van der Waals surface area contributed by atoms with E-state index in [0.717, 1.165) is 129 Å². The van der Waals surface area contributed by atoms with E-state index >= 15 is 0 Å². The second-order valence-electron chi connectivity index (χ2n) is 18.8. The van der Waals surface area contributed by atoms with E-state index in [2.05, 4.69) is 53.1 Å². The van der Waals surface area contributed by atoms with Crippen LogP contribution in [0.3, 0.4) is 0 Å². The molecule has 3 radical (unpaired) electrons. The minimum absolute atomic E-state index is 0. The number of rotatable bonds is 5. The summed E-state index contributed by atoms with van der Waals surface area (Å²) >= 11 is 0. The summed E-state index contributed by atoms with van der Waals surface area (Å²) in [5.41, 5.74) is 0.985. The molecule has 69 heavy (non-hydrogen) atoms. The van der Waals surface area contributed by atoms with Gasteiger partial charge in [0.2, 0.25) is 5.97 Å². The number of hydrogen-bond donors (Lipinski definition) is 6. The average Bonchev–Trinajstić information content (AvgIpc) is 3.27. The number of carbonyl (C=O) groups excluding carboxylic acids is 5. The van der Waals surface area contributed by atoms with Gasteiger partial charge in [0.15, 0.2) is 0 Å². The molecule has 2 saturated carbocycles. The number of piperazine rings is 2. The summed E-state index contributed by atoms with van der Waals surface area (Å²) in [6.45, 7) is 22.6. The molecule has 0 atom stereocenters. The van der Waals surface area contributed by atoms with Crippen molar-refractivity contribution in [1.82, 2.24) is 20.9 Å². The van der Waals surface area contributed by atoms with Crippen molar-refractivity contribution in [3.63, 3.8) is 0 Å². The molecule has 0 spiro atoms. The third-order valence-electron chi connectivity index (χ3n) is 10.7. The zero-order valence-corrected chi connectivity index (χ0v) is 44.6. The zero-order valence-electron chi connectivity index (χ0n) is 42.6. The van der Waals surface area contributed by atoms with Crippen molar-refractivity contribution in [1.29, 1.82) is 0 Å². The number of phenolic OH excluding ortho intramolecular Hbond substituents is 2. The monoisotopic (exact) mass is 980 g/mol. The first-order chi connectivity index (χ1) is 32.0. The normalized spacial score (nSPS) is 20.2. The number of phenols is 2. The third kappa shape index (κ3) is 28.1. The van der Waals surface area contributed by atoms with Crippen molar-refractivity contribution in [3.8, 4) is 11.5 Å². The molecule has 0 aromatic heterocycles. The first kappa shape index (κ1) is 62.6. The topological polar surface area (TPSA) is 238 Å². The maximum Gasteiger partial charge on any atom is 1.00 e. The van der Waals surface area contributed by atoms with Gasteiger partial charge >= 0.3 is 53.7 Å². The van der Waals surface area contributed by atoms with Crippen LogP contribution in [0, 0.1) is 0 Å². The summed E-state index contributed by atoms with van der Waals surface area (Å²) in [5, 5.41) is 38.1. The van der Waals surface area contributed by atoms with Gasteiger partial charge in [0.25, 0.3) is 0 Å². The third-order valence-corrected chi connectivity index (χ3v) is 10.7. The Balaban J connectivity index is 0.000000481. The standard InChI is InChI=1S/C21H33N3O3.C11H21NO3.C10H14N2O.C4H6O4.C2H3BO2.Na/c1-21(2,3)27-20(26)22-16-8-10-17(11-9-16)23-12-14-24(15-13-23)18-6-4-5-7-19(18)25;1-11(2,3)15-10(14)12-8-4-6-9(13)7-5-8;13-10-4-2-1-3-9(10)12-7-5-11-6-8-12;1-3(5)7-8-4(2)6;1-2(4)5-3;/h4-7,16-17,25H,8-15H2,1-3H3,(H,22,26);8-9,13H,4-7H2,1-3H3,(H,12,14);1-4,11,13H,5-8H2;1-2H3;1H3;/q;;;;-1;+1. The molecule has 2 aromatic carbocycles. The SMILES string of the molecule is CC(=O)OOC(C)=O.CC(C)(C)OC(=O)NC1CCC(N2CCN(c3ccccc3O)CC2)CC1.CC(C)(C)OC(=O)NC1CCC(O)CC1.Oc1ccccc1N1CCNCC1.[B-]OC(C)=O.[Na+]. The van der Waals surface area contributed by atoms with E-state index in [1.54, 1.807) is 12.1 Å². The van der Waals surface area contributed by atoms with Crippen molar-refractivity contribution in [2.45, 2.75) is 149 Å². The smallest absolute Gasteiger partial charge is 0.793 e. The van der Waals surface area contributed by atoms with Crippen LogP contribution in [0.15, 0.2) is 48.5 Å². The Morgan fingerprint density at radius 3 is 1.30 bits per heavy atom. The molecule has 2 aliphatic heterocycles. The van der Waals surface area contributed by atoms with E-state index in [9.17, 15) is 39.3 Å². The largest absolute Gasteiger partial charge is 1.00 e. The Bertz CT molecular complexity index is 1810. The number of ether oxygens (including phenoxy) is 2. The van der Waals surface area contributed by atoms with E-state index in [1.807, 2.05) is 77.9 Å². The molecule has 0 bridgehead atoms. The minimum atomic E-state index is -0.639. The number of carbonyl (C=O) groups is 5. The summed E-state index contributed by atoms with van der Waals surface area (Å²) in [6.07, 6.45) is 6.57. The fraction of sp³-hybridized carbons (Fsp3) is 0.646. The van der Waals surface area contributed by atoms with Gasteiger partial charge in [-0.25, -0.2) is 29.0 Å². The van der Waals surface area contributed by atoms with E-state index in [1.165, 1.54) is 6.92 Å². The number of anilines is 2. The van der Waals surface area contributed by atoms with Crippen LogP contribution in [0.25, 0.3) is 0 Å². The summed E-state index contributed by atoms with van der Waals surface area (Å²) in [4.78, 5) is 67.2. The summed E-state index contributed by atoms with van der Waals surface area (Å²) < 4.78 is 14.1. The molecule has 19 nitrogen and oxygen atoms in total. The van der Waals surface area contributed by atoms with Gasteiger partial charge in [-0.05, 0) is 117 Å². The average molecular weight is 980 g/mol. The van der Waals surface area contributed by atoms with Crippen LogP contribution >= 0.6 is 0 Å². The van der Waals surface area contributed by atoms with Crippen LogP contribution in [0.1, 0.15) is 114 Å². The fourth-order valence-electron chi connectivity index (χ4n) is 7.57. The summed E-state index contributed by atoms with van der Waals surface area (Å²) in [6, 6.07) is 16.0. The fourth-order valence-corrected chi connectivity index (χ4v) is 7.57. The Kier molecular flexibility index (Phi) is 29.4. The molecule has 0 unspecified atom stereocenters. The first-order valence-electron chi connectivity index (χ1n) is 23.4. The Morgan fingerprint density at radius 2 is 0.957 bits per heavy atom. The molecule has 2 amide bonds. The van der Waals surface area contributed by atoms with Crippen molar-refractivity contribution in [3.05, 3.63) is 48.5 Å². The maximum absolute atomic E-state index is 11.9. The number of aliphatic hydroxyl groups excluding tert-OH is 1. The quantitative estimate of drug-likeness (QED) is 0.144. The number of alkyl carbamates (subject to hydrolysis) is 2. The number of aliphatic hydroxyl groups is 1. The Hall–Kier alpha value is -4.47. The van der Waals surface area contributed by atoms with Crippen LogP contribution in [0.4, 0.5) is 21.0 Å². The summed E-state index contributed by atoms with van der Waals surface area (Å²) in [5.74, 6) is -1.01. The van der Waals surface area contributed by atoms with Crippen LogP contribution in [-0.2, 0) is 38.3 Å². The molecule has 6 rings (SSSR count). The number of para-hydroxylation sites is 4. The molecular formula is C48H77BN6NaO13. The molecule has 4 fully saturated rings. The van der Waals surface area contributed by atoms with Crippen molar-refractivity contribution in [2.24, 2.45) is 0 Å². The molecule has 2 aliphatic carbocycles. The van der Waals surface area contributed by atoms with Gasteiger partial charge in [-0.15, -0.1) is 0 Å². The number of nitrogens with zero attached hydrogens (tertiary/aromatic N) is 3. The molecular weight excluding hydrogens is 902 g/mol. The number of benzene rings is 2. The van der Waals surface area contributed by atoms with E-state index in [4.69, 9.17) is 9.47 Å². The predicted octanol–water partition coefficient (Wildman–Crippen LogP) is 2.63. The van der Waals surface area contributed by atoms with Crippen molar-refractivity contribution in [2.75, 3.05) is 62.2 Å². The maximum atomic E-state index is 11.9. The molecule has 2 aromatic rings. The van der Waals surface area contributed by atoms with Crippen LogP contribution in [-0.4, -0.2) is 146 Å². The van der Waals surface area contributed by atoms with E-state index in [0.29, 0.717) is 17.5 Å². The number of hydrogen-bond acceptors (Lipinski definition) is 17. The first-order valence-corrected chi connectivity index (χ1v) is 23.4. The number of nitrogens with one attached hydrogen (secondary N) is 3. The van der Waals surface area contributed by atoms with Crippen molar-refractivity contribution < 1.29 is 92.8 Å². The van der Waals surface area contributed by atoms with E-state index < -0.39 is 29.1 Å². The molecule has 4 aliphatic rings. The second kappa shape index (κ2) is 32.4. The van der Waals surface area contributed by atoms with Crippen LogP contribution in [0.2, 0.25) is 0 Å². The van der Waals surface area contributed by atoms with Gasteiger partial charge < -0.3 is 63.2 Å². The Morgan fingerprint density at radius 1 is 0.594 bits per heavy atom. The second-order valence-corrected chi connectivity index (χ2v) is 18.8. The molecule has 381 valence electrons. The van der Waals surface area contributed by atoms with Gasteiger partial charge in [0.05, 0.1) is 17.5 Å². The van der Waals surface area contributed by atoms with E-state index in [-0.39, 0.29) is 59.9 Å². The molecule has 2 saturated heterocycles. The molecule has 6 N–H and O–H groups in total. The molecule has 2 heterocycles. The predicted molar refractivity (Wildman–Crippen MR) is 259 cm³/mol. The Labute approximate surface area is 432 Å². The van der Waals surface area contributed by atoms with Crippen molar-refractivity contribution >= 4 is 49.5 Å². The summed E-state index contributed by atoms with van der Waals surface area (Å²) in [7, 11) is 4.32. The zero-order chi connectivity index (χ0) is 50.9. The number of amides is 2. The molecule has 21 heteroatoms. The van der Waals surface area contributed by atoms with Crippen LogP contribution in [0.5, 0.6) is 11.5 Å². The van der Waals surface area contributed by atoms with Gasteiger partial charge in [0.1, 0.15) is 22.7 Å². The number of aromatic hydroxyl groups is 2. The minimum Gasteiger partial charge on any atom is -0.793 e. The van der Waals surface area contributed by atoms with Crippen LogP contribution < -0.4 is 55.3 Å². The van der Waals surface area contributed by atoms with Gasteiger partial charge in [0, 0.05) is 91.3 Å². The van der Waals surface area contributed by atoms with Gasteiger partial charge in [-0.3, -0.25) is 9.69 Å². The van der Waals surface area contributed by atoms with Gasteiger partial charge in [-0.1, -0.05) is 24.3 Å².